The average molecular weight is 274 g/mol. The lowest BCUT2D eigenvalue weighted by Gasteiger charge is -1.99. The minimum absolute atomic E-state index is 0.361. The van der Waals surface area contributed by atoms with Gasteiger partial charge in [-0.1, -0.05) is 0 Å². The second-order valence-electron chi connectivity index (χ2n) is 2.69. The van der Waals surface area contributed by atoms with E-state index >= 15 is 0 Å². The topological polar surface area (TPSA) is 69.6 Å². The fourth-order valence-electron chi connectivity index (χ4n) is 1.08. The summed E-state index contributed by atoms with van der Waals surface area (Å²) in [5.41, 5.74) is 5.48. The first-order valence-corrected chi connectivity index (χ1v) is 5.65. The molecule has 0 radical (unpaired) electrons. The van der Waals surface area contributed by atoms with Crippen molar-refractivity contribution in [2.45, 2.75) is 13.1 Å². The Hall–Kier alpha value is -0.790. The Kier molecular flexibility index (Phi) is 2.90. The Bertz CT molecular complexity index is 423. The zero-order valence-electron chi connectivity index (χ0n) is 7.22. The minimum Gasteiger partial charge on any atom is -0.324 e. The maximum absolute atomic E-state index is 5.48. The molecule has 0 spiro atoms. The van der Waals surface area contributed by atoms with E-state index in [9.17, 15) is 0 Å². The molecule has 2 N–H and O–H groups in total. The molecule has 0 unspecified atom stereocenters. The van der Waals surface area contributed by atoms with Gasteiger partial charge in [0, 0.05) is 14.7 Å². The first-order valence-electron chi connectivity index (χ1n) is 3.97. The molecule has 2 aromatic rings. The SMILES string of the molecule is NCc1nnnn1Cc1cc(Br)cs1. The van der Waals surface area contributed by atoms with Gasteiger partial charge in [0.1, 0.15) is 0 Å². The number of hydrogen-bond acceptors (Lipinski definition) is 5. The van der Waals surface area contributed by atoms with E-state index < -0.39 is 0 Å². The molecule has 0 saturated carbocycles. The quantitative estimate of drug-likeness (QED) is 0.906. The molecule has 0 bridgehead atoms. The van der Waals surface area contributed by atoms with Crippen molar-refractivity contribution in [3.05, 3.63) is 26.6 Å². The zero-order chi connectivity index (χ0) is 9.97. The lowest BCUT2D eigenvalue weighted by molar-refractivity contribution is 0.624. The molecular formula is C7H8BrN5S. The Morgan fingerprint density at radius 2 is 2.43 bits per heavy atom. The lowest BCUT2D eigenvalue weighted by atomic mass is 10.4. The Morgan fingerprint density at radius 3 is 3.07 bits per heavy atom. The third-order valence-corrected chi connectivity index (χ3v) is 3.40. The molecule has 0 fully saturated rings. The first-order chi connectivity index (χ1) is 6.79. The number of tetrazole rings is 1. The van der Waals surface area contributed by atoms with Gasteiger partial charge in [0.15, 0.2) is 5.82 Å². The van der Waals surface area contributed by atoms with E-state index in [-0.39, 0.29) is 0 Å². The minimum atomic E-state index is 0.361. The van der Waals surface area contributed by atoms with Gasteiger partial charge in [-0.25, -0.2) is 4.68 Å². The fraction of sp³-hybridized carbons (Fsp3) is 0.286. The number of thiophene rings is 1. The third kappa shape index (κ3) is 1.99. The largest absolute Gasteiger partial charge is 0.324 e. The molecule has 2 aromatic heterocycles. The highest BCUT2D eigenvalue weighted by molar-refractivity contribution is 9.10. The molecule has 0 aliphatic carbocycles. The van der Waals surface area contributed by atoms with Gasteiger partial charge in [0.05, 0.1) is 13.1 Å². The van der Waals surface area contributed by atoms with Crippen molar-refractivity contribution in [2.75, 3.05) is 0 Å². The summed E-state index contributed by atoms with van der Waals surface area (Å²) < 4.78 is 2.79. The number of hydrogen-bond donors (Lipinski definition) is 1. The molecule has 0 aliphatic heterocycles. The van der Waals surface area contributed by atoms with Crippen LogP contribution < -0.4 is 5.73 Å². The summed E-state index contributed by atoms with van der Waals surface area (Å²) >= 11 is 5.06. The fourth-order valence-corrected chi connectivity index (χ4v) is 2.51. The van der Waals surface area contributed by atoms with E-state index in [1.807, 2.05) is 11.4 Å². The van der Waals surface area contributed by atoms with Gasteiger partial charge in [0.25, 0.3) is 0 Å². The molecule has 2 rings (SSSR count). The summed E-state index contributed by atoms with van der Waals surface area (Å²) in [5, 5.41) is 13.3. The Labute approximate surface area is 93.0 Å². The van der Waals surface area contributed by atoms with Gasteiger partial charge >= 0.3 is 0 Å². The van der Waals surface area contributed by atoms with Crippen molar-refractivity contribution in [3.8, 4) is 0 Å². The third-order valence-electron chi connectivity index (χ3n) is 1.72. The van der Waals surface area contributed by atoms with Gasteiger partial charge in [-0.2, -0.15) is 0 Å². The van der Waals surface area contributed by atoms with Crippen LogP contribution in [0.2, 0.25) is 0 Å². The molecule has 0 amide bonds. The van der Waals surface area contributed by atoms with Crippen LogP contribution in [0.25, 0.3) is 0 Å². The summed E-state index contributed by atoms with van der Waals surface area (Å²) in [7, 11) is 0. The predicted octanol–water partition coefficient (Wildman–Crippen LogP) is 1.00. The number of aromatic nitrogens is 4. The van der Waals surface area contributed by atoms with Crippen LogP contribution in [0.1, 0.15) is 10.7 Å². The molecular weight excluding hydrogens is 266 g/mol. The van der Waals surface area contributed by atoms with E-state index in [1.54, 1.807) is 16.0 Å². The van der Waals surface area contributed by atoms with E-state index in [0.717, 1.165) is 4.47 Å². The zero-order valence-corrected chi connectivity index (χ0v) is 9.62. The highest BCUT2D eigenvalue weighted by atomic mass is 79.9. The van der Waals surface area contributed by atoms with Crippen LogP contribution in [0.15, 0.2) is 15.9 Å². The maximum atomic E-state index is 5.48. The highest BCUT2D eigenvalue weighted by Gasteiger charge is 2.05. The number of rotatable bonds is 3. The van der Waals surface area contributed by atoms with Crippen molar-refractivity contribution in [3.63, 3.8) is 0 Å². The summed E-state index contributed by atoms with van der Waals surface area (Å²) in [6, 6.07) is 2.05. The van der Waals surface area contributed by atoms with E-state index in [0.29, 0.717) is 18.9 Å². The van der Waals surface area contributed by atoms with Crippen LogP contribution in [0.3, 0.4) is 0 Å². The van der Waals surface area contributed by atoms with Gasteiger partial charge in [-0.05, 0) is 32.4 Å². The Morgan fingerprint density at radius 1 is 1.57 bits per heavy atom. The summed E-state index contributed by atoms with van der Waals surface area (Å²) in [4.78, 5) is 1.19. The van der Waals surface area contributed by atoms with Gasteiger partial charge in [0.2, 0.25) is 0 Å². The molecule has 0 atom stereocenters. The second kappa shape index (κ2) is 4.16. The van der Waals surface area contributed by atoms with Crippen molar-refractivity contribution in [2.24, 2.45) is 5.73 Å². The summed E-state index contributed by atoms with van der Waals surface area (Å²) in [6.07, 6.45) is 0. The molecule has 14 heavy (non-hydrogen) atoms. The van der Waals surface area contributed by atoms with Crippen LogP contribution in [-0.2, 0) is 13.1 Å². The predicted molar refractivity (Wildman–Crippen MR) is 56.8 cm³/mol. The number of nitrogens with two attached hydrogens (primary N) is 1. The van der Waals surface area contributed by atoms with Crippen molar-refractivity contribution in [1.29, 1.82) is 0 Å². The van der Waals surface area contributed by atoms with Gasteiger partial charge in [-0.3, -0.25) is 0 Å². The van der Waals surface area contributed by atoms with Crippen LogP contribution in [0, 0.1) is 0 Å². The van der Waals surface area contributed by atoms with Crippen LogP contribution in [-0.4, -0.2) is 20.2 Å². The average Bonchev–Trinajstić information content (AvgIpc) is 2.76. The molecule has 5 nitrogen and oxygen atoms in total. The van der Waals surface area contributed by atoms with Gasteiger partial charge < -0.3 is 5.73 Å². The highest BCUT2D eigenvalue weighted by Crippen LogP contribution is 2.20. The monoisotopic (exact) mass is 273 g/mol. The molecule has 0 saturated heterocycles. The lowest BCUT2D eigenvalue weighted by Crippen LogP contribution is -2.10. The molecule has 74 valence electrons. The summed E-state index contributed by atoms with van der Waals surface area (Å²) in [6.45, 7) is 1.04. The van der Waals surface area contributed by atoms with Crippen molar-refractivity contribution < 1.29 is 0 Å². The van der Waals surface area contributed by atoms with E-state index in [2.05, 4.69) is 31.5 Å². The van der Waals surface area contributed by atoms with E-state index in [1.165, 1.54) is 4.88 Å². The first kappa shape index (κ1) is 9.75. The smallest absolute Gasteiger partial charge is 0.165 e. The molecule has 7 heteroatoms. The second-order valence-corrected chi connectivity index (χ2v) is 4.60. The van der Waals surface area contributed by atoms with Crippen LogP contribution in [0.5, 0.6) is 0 Å². The van der Waals surface area contributed by atoms with E-state index in [4.69, 9.17) is 5.73 Å². The number of nitrogens with zero attached hydrogens (tertiary/aromatic N) is 4. The summed E-state index contributed by atoms with van der Waals surface area (Å²) in [5.74, 6) is 0.703. The van der Waals surface area contributed by atoms with Crippen molar-refractivity contribution >= 4 is 27.3 Å². The standard InChI is InChI=1S/C7H8BrN5S/c8-5-1-6(14-4-5)3-13-7(2-9)10-11-12-13/h1,4H,2-3,9H2. The van der Waals surface area contributed by atoms with Gasteiger partial charge in [-0.15, -0.1) is 16.4 Å². The normalized spacial score (nSPS) is 10.7. The maximum Gasteiger partial charge on any atom is 0.165 e. The number of halogens is 1. The Balaban J connectivity index is 2.18. The molecule has 2 heterocycles. The van der Waals surface area contributed by atoms with Crippen LogP contribution in [0.4, 0.5) is 0 Å². The molecule has 0 aromatic carbocycles. The molecule has 0 aliphatic rings. The van der Waals surface area contributed by atoms with Crippen molar-refractivity contribution in [1.82, 2.24) is 20.2 Å². The van der Waals surface area contributed by atoms with Crippen LogP contribution >= 0.6 is 27.3 Å².